The van der Waals surface area contributed by atoms with Gasteiger partial charge in [-0.3, -0.25) is 0 Å². The number of halogens is 1. The monoisotopic (exact) mass is 267 g/mol. The third-order valence-electron chi connectivity index (χ3n) is 3.62. The first-order valence-corrected chi connectivity index (χ1v) is 7.46. The normalized spacial score (nSPS) is 16.3. The predicted molar refractivity (Wildman–Crippen MR) is 81.2 cm³/mol. The number of rotatable bonds is 7. The minimum Gasteiger partial charge on any atom is -0.307 e. The van der Waals surface area contributed by atoms with Gasteiger partial charge >= 0.3 is 0 Å². The highest BCUT2D eigenvalue weighted by atomic mass is 35.5. The molecular formula is C16H26ClN. The third-order valence-corrected chi connectivity index (χ3v) is 3.87. The molecule has 2 heteroatoms. The molecule has 0 aliphatic heterocycles. The Hall–Kier alpha value is -0.530. The van der Waals surface area contributed by atoms with E-state index >= 15 is 0 Å². The van der Waals surface area contributed by atoms with E-state index in [-0.39, 0.29) is 0 Å². The van der Waals surface area contributed by atoms with Crippen LogP contribution in [-0.4, -0.2) is 6.04 Å². The molecule has 0 heterocycles. The van der Waals surface area contributed by atoms with Crippen LogP contribution in [-0.2, 0) is 0 Å². The Morgan fingerprint density at radius 2 is 1.67 bits per heavy atom. The minimum atomic E-state index is 0.432. The van der Waals surface area contributed by atoms with Crippen molar-refractivity contribution in [3.63, 3.8) is 0 Å². The summed E-state index contributed by atoms with van der Waals surface area (Å²) in [7, 11) is 0. The summed E-state index contributed by atoms with van der Waals surface area (Å²) in [5.41, 5.74) is 1.33. The van der Waals surface area contributed by atoms with Crippen LogP contribution in [0.3, 0.4) is 0 Å². The molecule has 0 saturated heterocycles. The molecule has 1 aromatic carbocycles. The van der Waals surface area contributed by atoms with Crippen LogP contribution in [0, 0.1) is 5.92 Å². The van der Waals surface area contributed by atoms with Gasteiger partial charge in [0.1, 0.15) is 0 Å². The molecule has 0 spiro atoms. The fourth-order valence-corrected chi connectivity index (χ4v) is 2.45. The van der Waals surface area contributed by atoms with Gasteiger partial charge in [-0.05, 0) is 43.4 Å². The minimum absolute atomic E-state index is 0.432. The highest BCUT2D eigenvalue weighted by molar-refractivity contribution is 6.30. The molecule has 1 aromatic rings. The van der Waals surface area contributed by atoms with E-state index in [1.165, 1.54) is 18.4 Å². The van der Waals surface area contributed by atoms with E-state index in [1.807, 2.05) is 12.1 Å². The lowest BCUT2D eigenvalue weighted by molar-refractivity contribution is 0.371. The van der Waals surface area contributed by atoms with Gasteiger partial charge in [-0.25, -0.2) is 0 Å². The Morgan fingerprint density at radius 1 is 1.06 bits per heavy atom. The van der Waals surface area contributed by atoms with Crippen LogP contribution in [0.5, 0.6) is 0 Å². The second-order valence-electron chi connectivity index (χ2n) is 5.33. The predicted octanol–water partition coefficient (Wildman–Crippen LogP) is 5.21. The van der Waals surface area contributed by atoms with Crippen molar-refractivity contribution in [1.29, 1.82) is 0 Å². The molecule has 3 unspecified atom stereocenters. The van der Waals surface area contributed by atoms with Crippen molar-refractivity contribution in [3.05, 3.63) is 34.9 Å². The second kappa shape index (κ2) is 7.81. The average Bonchev–Trinajstić information content (AvgIpc) is 2.37. The molecule has 0 radical (unpaired) electrons. The zero-order valence-electron chi connectivity index (χ0n) is 12.0. The van der Waals surface area contributed by atoms with Gasteiger partial charge < -0.3 is 5.32 Å². The molecule has 0 saturated carbocycles. The van der Waals surface area contributed by atoms with E-state index in [0.29, 0.717) is 12.1 Å². The Morgan fingerprint density at radius 3 is 2.17 bits per heavy atom. The van der Waals surface area contributed by atoms with Gasteiger partial charge in [-0.2, -0.15) is 0 Å². The Bertz CT molecular complexity index is 333. The van der Waals surface area contributed by atoms with E-state index in [1.54, 1.807) is 0 Å². The quantitative estimate of drug-likeness (QED) is 0.715. The van der Waals surface area contributed by atoms with Crippen molar-refractivity contribution >= 4 is 11.6 Å². The zero-order valence-corrected chi connectivity index (χ0v) is 12.8. The molecule has 18 heavy (non-hydrogen) atoms. The number of hydrogen-bond donors (Lipinski definition) is 1. The summed E-state index contributed by atoms with van der Waals surface area (Å²) < 4.78 is 0. The summed E-state index contributed by atoms with van der Waals surface area (Å²) >= 11 is 5.93. The highest BCUT2D eigenvalue weighted by Gasteiger charge is 2.14. The summed E-state index contributed by atoms with van der Waals surface area (Å²) in [6, 6.07) is 9.18. The van der Waals surface area contributed by atoms with Crippen molar-refractivity contribution in [3.8, 4) is 0 Å². The van der Waals surface area contributed by atoms with Crippen LogP contribution in [0.15, 0.2) is 24.3 Å². The summed E-state index contributed by atoms with van der Waals surface area (Å²) in [4.78, 5) is 0. The van der Waals surface area contributed by atoms with E-state index in [0.717, 1.165) is 17.4 Å². The van der Waals surface area contributed by atoms with Gasteiger partial charge in [-0.1, -0.05) is 50.9 Å². The Kier molecular flexibility index (Phi) is 6.73. The van der Waals surface area contributed by atoms with Crippen molar-refractivity contribution in [2.75, 3.05) is 0 Å². The van der Waals surface area contributed by atoms with E-state index in [9.17, 15) is 0 Å². The van der Waals surface area contributed by atoms with Crippen molar-refractivity contribution in [2.45, 2.75) is 59.0 Å². The topological polar surface area (TPSA) is 12.0 Å². The van der Waals surface area contributed by atoms with Crippen LogP contribution >= 0.6 is 11.6 Å². The first kappa shape index (κ1) is 15.5. The molecule has 0 bridgehead atoms. The molecule has 0 amide bonds. The maximum absolute atomic E-state index is 5.93. The molecule has 0 fully saturated rings. The van der Waals surface area contributed by atoms with Gasteiger partial charge in [-0.15, -0.1) is 0 Å². The highest BCUT2D eigenvalue weighted by Crippen LogP contribution is 2.21. The summed E-state index contributed by atoms with van der Waals surface area (Å²) in [5.74, 6) is 0.787. The lowest BCUT2D eigenvalue weighted by Gasteiger charge is -2.24. The molecule has 1 nitrogen and oxygen atoms in total. The summed E-state index contributed by atoms with van der Waals surface area (Å²) in [6.45, 7) is 9.09. The van der Waals surface area contributed by atoms with E-state index in [4.69, 9.17) is 11.6 Å². The zero-order chi connectivity index (χ0) is 13.5. The largest absolute Gasteiger partial charge is 0.307 e. The number of hydrogen-bond acceptors (Lipinski definition) is 1. The Labute approximate surface area is 117 Å². The molecule has 0 aromatic heterocycles. The van der Waals surface area contributed by atoms with Crippen LogP contribution in [0.25, 0.3) is 0 Å². The van der Waals surface area contributed by atoms with Crippen molar-refractivity contribution in [2.24, 2.45) is 5.92 Å². The maximum Gasteiger partial charge on any atom is 0.0406 e. The van der Waals surface area contributed by atoms with E-state index < -0.39 is 0 Å². The van der Waals surface area contributed by atoms with Crippen LogP contribution < -0.4 is 5.32 Å². The fourth-order valence-electron chi connectivity index (χ4n) is 2.33. The molecular weight excluding hydrogens is 242 g/mol. The lowest BCUT2D eigenvalue weighted by Crippen LogP contribution is -2.31. The Balaban J connectivity index is 2.58. The summed E-state index contributed by atoms with van der Waals surface area (Å²) in [6.07, 6.45) is 3.59. The van der Waals surface area contributed by atoms with Crippen LogP contribution in [0.2, 0.25) is 5.02 Å². The fraction of sp³-hybridized carbons (Fsp3) is 0.625. The van der Waals surface area contributed by atoms with Crippen molar-refractivity contribution < 1.29 is 0 Å². The number of benzene rings is 1. The van der Waals surface area contributed by atoms with Crippen LogP contribution in [0.4, 0.5) is 0 Å². The first-order chi connectivity index (χ1) is 8.56. The molecule has 3 atom stereocenters. The van der Waals surface area contributed by atoms with Gasteiger partial charge in [0, 0.05) is 17.1 Å². The lowest BCUT2D eigenvalue weighted by atomic mass is 9.98. The SMILES string of the molecule is CCC(C)CC(C)NC(CC)c1ccc(Cl)cc1. The first-order valence-electron chi connectivity index (χ1n) is 7.08. The molecule has 0 aliphatic rings. The van der Waals surface area contributed by atoms with E-state index in [2.05, 4.69) is 45.1 Å². The van der Waals surface area contributed by atoms with Gasteiger partial charge in [0.15, 0.2) is 0 Å². The second-order valence-corrected chi connectivity index (χ2v) is 5.77. The maximum atomic E-state index is 5.93. The average molecular weight is 268 g/mol. The van der Waals surface area contributed by atoms with Gasteiger partial charge in [0.25, 0.3) is 0 Å². The molecule has 1 N–H and O–H groups in total. The van der Waals surface area contributed by atoms with Gasteiger partial charge in [0.05, 0.1) is 0 Å². The number of nitrogens with one attached hydrogen (secondary N) is 1. The van der Waals surface area contributed by atoms with Gasteiger partial charge in [0.2, 0.25) is 0 Å². The third kappa shape index (κ3) is 4.99. The molecule has 1 rings (SSSR count). The standard InChI is InChI=1S/C16H26ClN/c1-5-12(3)11-13(4)18-16(6-2)14-7-9-15(17)10-8-14/h7-10,12-13,16,18H,5-6,11H2,1-4H3. The van der Waals surface area contributed by atoms with Crippen molar-refractivity contribution in [1.82, 2.24) is 5.32 Å². The molecule has 0 aliphatic carbocycles. The van der Waals surface area contributed by atoms with Crippen LogP contribution in [0.1, 0.15) is 58.6 Å². The molecule has 102 valence electrons. The summed E-state index contributed by atoms with van der Waals surface area (Å²) in [5, 5.41) is 4.53. The smallest absolute Gasteiger partial charge is 0.0406 e.